The number of nitrogen functional groups attached to an aromatic ring is 1. The molecule has 0 aliphatic carbocycles. The third kappa shape index (κ3) is 5.76. The van der Waals surface area contributed by atoms with Gasteiger partial charge in [-0.25, -0.2) is 4.98 Å². The van der Waals surface area contributed by atoms with Gasteiger partial charge in [0.15, 0.2) is 41.2 Å². The van der Waals surface area contributed by atoms with E-state index in [2.05, 4.69) is 9.97 Å². The van der Waals surface area contributed by atoms with Gasteiger partial charge in [-0.1, -0.05) is 11.8 Å². The number of nitrogens with one attached hydrogen (secondary N) is 1. The number of aromatic amines is 1. The van der Waals surface area contributed by atoms with Crippen molar-refractivity contribution in [1.82, 2.24) is 9.97 Å². The van der Waals surface area contributed by atoms with E-state index >= 15 is 0 Å². The second-order valence-electron chi connectivity index (χ2n) is 6.72. The highest BCUT2D eigenvalue weighted by Crippen LogP contribution is 2.30. The van der Waals surface area contributed by atoms with Crippen LogP contribution in [0.4, 0.5) is 11.5 Å². The van der Waals surface area contributed by atoms with Gasteiger partial charge in [-0.15, -0.1) is 0 Å². The fourth-order valence-corrected chi connectivity index (χ4v) is 3.58. The van der Waals surface area contributed by atoms with Gasteiger partial charge in [-0.2, -0.15) is 0 Å². The van der Waals surface area contributed by atoms with E-state index in [-0.39, 0.29) is 23.3 Å². The van der Waals surface area contributed by atoms with Gasteiger partial charge >= 0.3 is 17.9 Å². The van der Waals surface area contributed by atoms with Crippen molar-refractivity contribution in [2.45, 2.75) is 57.4 Å². The van der Waals surface area contributed by atoms with E-state index in [1.54, 1.807) is 6.26 Å². The molecule has 0 radical (unpaired) electrons. The lowest BCUT2D eigenvalue weighted by atomic mass is 10.0. The largest absolute Gasteiger partial charge is 0.456 e. The molecule has 4 atom stereocenters. The molecule has 0 unspecified atom stereocenters. The van der Waals surface area contributed by atoms with E-state index < -0.39 is 53.9 Å². The molecule has 1 aliphatic heterocycles. The van der Waals surface area contributed by atoms with Gasteiger partial charge in [0, 0.05) is 27.7 Å². The lowest BCUT2D eigenvalue weighted by Crippen LogP contribution is -2.63. The molecule has 0 bridgehead atoms. The van der Waals surface area contributed by atoms with E-state index in [1.807, 2.05) is 0 Å². The molecule has 2 heterocycles. The van der Waals surface area contributed by atoms with Crippen LogP contribution < -0.4 is 16.2 Å². The molecule has 3 N–H and O–H groups in total. The van der Waals surface area contributed by atoms with Crippen LogP contribution in [-0.2, 0) is 38.1 Å². The van der Waals surface area contributed by atoms with Crippen LogP contribution in [0, 0.1) is 0 Å². The molecule has 1 saturated heterocycles. The minimum absolute atomic E-state index is 0.216. The van der Waals surface area contributed by atoms with E-state index in [4.69, 9.17) is 24.7 Å². The molecule has 1 aliphatic rings. The number of nitrogens with two attached hydrogens (primary N) is 1. The summed E-state index contributed by atoms with van der Waals surface area (Å²) in [6.45, 7) is 4.13. The van der Waals surface area contributed by atoms with Gasteiger partial charge in [0.1, 0.15) is 0 Å². The molecule has 2 rings (SSSR count). The van der Waals surface area contributed by atoms with Crippen LogP contribution in [0.5, 0.6) is 0 Å². The molecule has 1 amide bonds. The Morgan fingerprint density at radius 1 is 1.06 bits per heavy atom. The van der Waals surface area contributed by atoms with Gasteiger partial charge in [-0.05, 0) is 6.26 Å². The number of carbonyl (C=O) groups is 4. The minimum atomic E-state index is -1.46. The second-order valence-corrected chi connectivity index (χ2v) is 7.51. The van der Waals surface area contributed by atoms with Crippen LogP contribution in [0.1, 0.15) is 27.7 Å². The monoisotopic (exact) mass is 472 g/mol. The first-order valence-corrected chi connectivity index (χ1v) is 10.6. The van der Waals surface area contributed by atoms with Gasteiger partial charge in [0.05, 0.1) is 6.61 Å². The number of amides is 1. The number of ether oxygens (including phenoxy) is 4. The quantitative estimate of drug-likeness (QED) is 0.236. The Morgan fingerprint density at radius 3 is 2.09 bits per heavy atom. The van der Waals surface area contributed by atoms with Crippen molar-refractivity contribution in [3.63, 3.8) is 0 Å². The Bertz CT molecular complexity index is 966. The molecule has 1 aromatic heterocycles. The van der Waals surface area contributed by atoms with Gasteiger partial charge < -0.3 is 24.7 Å². The Labute approximate surface area is 186 Å². The maximum atomic E-state index is 12.7. The Hall–Kier alpha value is -3.13. The number of carbonyl (C=O) groups excluding carboxylic acids is 4. The number of hydrogen-bond acceptors (Lipinski definition) is 12. The normalized spacial score (nSPS) is 22.5. The van der Waals surface area contributed by atoms with Crippen molar-refractivity contribution in [3.05, 3.63) is 10.4 Å². The second kappa shape index (κ2) is 10.5. The topological polar surface area (TPSA) is 180 Å². The van der Waals surface area contributed by atoms with Crippen molar-refractivity contribution in [2.75, 3.05) is 23.5 Å². The zero-order valence-corrected chi connectivity index (χ0v) is 18.9. The molecule has 0 saturated carbocycles. The summed E-state index contributed by atoms with van der Waals surface area (Å²) in [5.74, 6) is -3.23. The van der Waals surface area contributed by atoms with Gasteiger partial charge in [0.25, 0.3) is 5.56 Å². The van der Waals surface area contributed by atoms with Crippen molar-refractivity contribution in [1.29, 1.82) is 0 Å². The zero-order chi connectivity index (χ0) is 24.2. The molecular formula is C18H24N4O9S. The number of thioether (sulfide) groups is 1. The number of hydrogen-bond donors (Lipinski definition) is 2. The number of nitrogens with zero attached hydrogens (tertiary/aromatic N) is 2. The highest BCUT2D eigenvalue weighted by Gasteiger charge is 2.50. The summed E-state index contributed by atoms with van der Waals surface area (Å²) in [4.78, 5) is 67.7. The van der Waals surface area contributed by atoms with E-state index in [1.165, 1.54) is 0 Å². The zero-order valence-electron chi connectivity index (χ0n) is 18.1. The summed E-state index contributed by atoms with van der Waals surface area (Å²) in [6.07, 6.45) is -3.71. The summed E-state index contributed by atoms with van der Waals surface area (Å²) in [7, 11) is 0. The SMILES string of the molecule is CSc1nc(N)c(N(C(C)=O)[C@@H]2OC[C@H](OC(C)=O)[C@@H](OC(C)=O)[C@H]2OC(C)=O)c(=O)[nH]1. The van der Waals surface area contributed by atoms with Crippen molar-refractivity contribution in [3.8, 4) is 0 Å². The molecular weight excluding hydrogens is 448 g/mol. The lowest BCUT2D eigenvalue weighted by Gasteiger charge is -2.44. The van der Waals surface area contributed by atoms with Crippen molar-refractivity contribution in [2.24, 2.45) is 0 Å². The Balaban J connectivity index is 2.61. The van der Waals surface area contributed by atoms with Crippen LogP contribution in [0.2, 0.25) is 0 Å². The molecule has 176 valence electrons. The molecule has 0 aromatic carbocycles. The van der Waals surface area contributed by atoms with Gasteiger partial charge in [-0.3, -0.25) is 33.9 Å². The fraction of sp³-hybridized carbons (Fsp3) is 0.556. The standard InChI is InChI=1S/C18H24N4O9S/c1-7(23)22(12-15(19)20-18(32-5)21-16(12)27)17-14(31-10(4)26)13(30-9(3)25)11(6-28-17)29-8(2)24/h11,13-14,17H,6H2,1-5H3,(H3,19,20,21,27)/t11-,13+,14+,17+/m0/s1. The molecule has 13 nitrogen and oxygen atoms in total. The highest BCUT2D eigenvalue weighted by molar-refractivity contribution is 7.98. The van der Waals surface area contributed by atoms with Crippen LogP contribution in [-0.4, -0.2) is 71.2 Å². The molecule has 14 heteroatoms. The Kier molecular flexibility index (Phi) is 8.21. The summed E-state index contributed by atoms with van der Waals surface area (Å²) < 4.78 is 21.4. The maximum Gasteiger partial charge on any atom is 0.303 e. The first kappa shape index (κ1) is 25.1. The predicted octanol–water partition coefficient (Wildman–Crippen LogP) is -0.422. The first-order valence-electron chi connectivity index (χ1n) is 9.33. The summed E-state index contributed by atoms with van der Waals surface area (Å²) in [6, 6.07) is 0. The highest BCUT2D eigenvalue weighted by atomic mass is 32.2. The summed E-state index contributed by atoms with van der Waals surface area (Å²) >= 11 is 1.13. The molecule has 1 fully saturated rings. The lowest BCUT2D eigenvalue weighted by molar-refractivity contribution is -0.225. The number of H-pyrrole nitrogens is 1. The Morgan fingerprint density at radius 2 is 1.62 bits per heavy atom. The van der Waals surface area contributed by atoms with Crippen LogP contribution in [0.3, 0.4) is 0 Å². The number of aromatic nitrogens is 2. The van der Waals surface area contributed by atoms with E-state index in [0.717, 1.165) is 44.4 Å². The van der Waals surface area contributed by atoms with Crippen LogP contribution in [0.15, 0.2) is 9.95 Å². The minimum Gasteiger partial charge on any atom is -0.456 e. The molecule has 0 spiro atoms. The number of esters is 3. The molecule has 32 heavy (non-hydrogen) atoms. The summed E-state index contributed by atoms with van der Waals surface area (Å²) in [5.41, 5.74) is 4.86. The third-order valence-corrected chi connectivity index (χ3v) is 4.83. The average molecular weight is 472 g/mol. The first-order chi connectivity index (χ1) is 15.0. The van der Waals surface area contributed by atoms with E-state index in [9.17, 15) is 24.0 Å². The number of rotatable bonds is 6. The van der Waals surface area contributed by atoms with E-state index in [0.29, 0.717) is 0 Å². The van der Waals surface area contributed by atoms with Crippen LogP contribution >= 0.6 is 11.8 Å². The smallest absolute Gasteiger partial charge is 0.303 e. The predicted molar refractivity (Wildman–Crippen MR) is 111 cm³/mol. The molecule has 1 aromatic rings. The fourth-order valence-electron chi connectivity index (χ4n) is 3.20. The average Bonchev–Trinajstić information content (AvgIpc) is 2.66. The van der Waals surface area contributed by atoms with Gasteiger partial charge in [0.2, 0.25) is 5.91 Å². The van der Waals surface area contributed by atoms with Crippen molar-refractivity contribution >= 4 is 47.1 Å². The van der Waals surface area contributed by atoms with Crippen molar-refractivity contribution < 1.29 is 38.1 Å². The summed E-state index contributed by atoms with van der Waals surface area (Å²) in [5, 5.41) is 0.216. The third-order valence-electron chi connectivity index (χ3n) is 4.25. The van der Waals surface area contributed by atoms with Crippen LogP contribution in [0.25, 0.3) is 0 Å². The maximum absolute atomic E-state index is 12.7. The number of anilines is 2.